The lowest BCUT2D eigenvalue weighted by atomic mass is 9.71. The van der Waals surface area contributed by atoms with Gasteiger partial charge in [-0.15, -0.1) is 0 Å². The lowest BCUT2D eigenvalue weighted by molar-refractivity contribution is -0.138. The van der Waals surface area contributed by atoms with Crippen molar-refractivity contribution in [1.29, 1.82) is 0 Å². The molecule has 1 aliphatic heterocycles. The van der Waals surface area contributed by atoms with Crippen molar-refractivity contribution in [3.8, 4) is 5.75 Å². The molecule has 0 unspecified atom stereocenters. The van der Waals surface area contributed by atoms with E-state index in [4.69, 9.17) is 4.74 Å². The smallest absolute Gasteiger partial charge is 0.260 e. The molecule has 158 valence electrons. The van der Waals surface area contributed by atoms with E-state index in [0.717, 1.165) is 24.8 Å². The summed E-state index contributed by atoms with van der Waals surface area (Å²) in [6, 6.07) is 15.7. The summed E-state index contributed by atoms with van der Waals surface area (Å²) >= 11 is 0. The normalized spacial score (nSPS) is 18.4. The van der Waals surface area contributed by atoms with Crippen molar-refractivity contribution >= 4 is 11.8 Å². The Kier molecular flexibility index (Phi) is 6.02. The van der Waals surface area contributed by atoms with Gasteiger partial charge >= 0.3 is 0 Å². The maximum atomic E-state index is 13.3. The van der Waals surface area contributed by atoms with E-state index in [1.807, 2.05) is 30.3 Å². The number of ether oxygens (including phenoxy) is 1. The predicted molar refractivity (Wildman–Crippen MR) is 111 cm³/mol. The van der Waals surface area contributed by atoms with Crippen LogP contribution < -0.4 is 10.1 Å². The zero-order valence-electron chi connectivity index (χ0n) is 17.0. The van der Waals surface area contributed by atoms with E-state index in [0.29, 0.717) is 31.7 Å². The number of piperidine rings is 1. The third kappa shape index (κ3) is 4.48. The van der Waals surface area contributed by atoms with Crippen LogP contribution in [-0.2, 0) is 15.1 Å². The molecule has 1 heterocycles. The molecule has 2 amide bonds. The first-order valence-electron chi connectivity index (χ1n) is 10.6. The zero-order chi connectivity index (χ0) is 21.0. The molecule has 0 spiro atoms. The van der Waals surface area contributed by atoms with Crippen molar-refractivity contribution in [3.63, 3.8) is 0 Å². The number of hydrogen-bond donors (Lipinski definition) is 1. The van der Waals surface area contributed by atoms with Crippen LogP contribution in [0.3, 0.4) is 0 Å². The van der Waals surface area contributed by atoms with E-state index in [2.05, 4.69) is 5.32 Å². The number of benzene rings is 2. The fourth-order valence-electron chi connectivity index (χ4n) is 4.27. The number of nitrogens with one attached hydrogen (secondary N) is 1. The second kappa shape index (κ2) is 8.86. The highest BCUT2D eigenvalue weighted by atomic mass is 19.1. The molecule has 1 saturated carbocycles. The van der Waals surface area contributed by atoms with Crippen molar-refractivity contribution in [1.82, 2.24) is 10.2 Å². The minimum atomic E-state index is -0.374. The summed E-state index contributed by atoms with van der Waals surface area (Å²) in [7, 11) is 0. The molecule has 0 bridgehead atoms. The molecule has 0 aromatic heterocycles. The second-order valence-electron chi connectivity index (χ2n) is 8.19. The average molecular weight is 410 g/mol. The molecule has 0 atom stereocenters. The second-order valence-corrected chi connectivity index (χ2v) is 8.19. The number of carbonyl (C=O) groups is 2. The monoisotopic (exact) mass is 410 g/mol. The summed E-state index contributed by atoms with van der Waals surface area (Å²) in [6.07, 6.45) is 4.08. The summed E-state index contributed by atoms with van der Waals surface area (Å²) in [4.78, 5) is 27.1. The maximum absolute atomic E-state index is 13.3. The topological polar surface area (TPSA) is 58.6 Å². The Morgan fingerprint density at radius 3 is 2.30 bits per heavy atom. The number of rotatable bonds is 6. The number of carbonyl (C=O) groups excluding carboxylic acids is 2. The predicted octanol–water partition coefficient (Wildman–Crippen LogP) is 3.64. The van der Waals surface area contributed by atoms with Gasteiger partial charge in [0.05, 0.1) is 5.54 Å². The number of likely N-dealkylation sites (tertiary alicyclic amines) is 1. The van der Waals surface area contributed by atoms with Gasteiger partial charge in [-0.1, -0.05) is 30.3 Å². The minimum absolute atomic E-state index is 0.00849. The molecular formula is C24H27FN2O3. The highest BCUT2D eigenvalue weighted by molar-refractivity contribution is 5.81. The van der Waals surface area contributed by atoms with E-state index in [-0.39, 0.29) is 35.7 Å². The van der Waals surface area contributed by atoms with Gasteiger partial charge < -0.3 is 15.0 Å². The largest absolute Gasteiger partial charge is 0.484 e. The molecule has 5 nitrogen and oxygen atoms in total. The van der Waals surface area contributed by atoms with E-state index >= 15 is 0 Å². The van der Waals surface area contributed by atoms with Crippen molar-refractivity contribution in [2.24, 2.45) is 5.92 Å². The Bertz CT molecular complexity index is 873. The van der Waals surface area contributed by atoms with Crippen LogP contribution in [0.2, 0.25) is 0 Å². The van der Waals surface area contributed by atoms with Gasteiger partial charge in [0.1, 0.15) is 11.6 Å². The first-order chi connectivity index (χ1) is 14.6. The third-order valence-electron chi connectivity index (χ3n) is 6.29. The van der Waals surface area contributed by atoms with Gasteiger partial charge in [0.25, 0.3) is 5.91 Å². The van der Waals surface area contributed by atoms with Crippen molar-refractivity contribution in [2.45, 2.75) is 37.6 Å². The van der Waals surface area contributed by atoms with Crippen LogP contribution in [0.4, 0.5) is 4.39 Å². The molecule has 30 heavy (non-hydrogen) atoms. The van der Waals surface area contributed by atoms with E-state index in [9.17, 15) is 14.0 Å². The van der Waals surface area contributed by atoms with Crippen molar-refractivity contribution in [3.05, 3.63) is 66.0 Å². The molecule has 1 N–H and O–H groups in total. The van der Waals surface area contributed by atoms with E-state index < -0.39 is 0 Å². The number of nitrogens with zero attached hydrogens (tertiary/aromatic N) is 1. The Labute approximate surface area is 176 Å². The van der Waals surface area contributed by atoms with Crippen LogP contribution in [0.5, 0.6) is 5.75 Å². The maximum Gasteiger partial charge on any atom is 0.260 e. The summed E-state index contributed by atoms with van der Waals surface area (Å²) < 4.78 is 18.8. The van der Waals surface area contributed by atoms with Gasteiger partial charge in [0, 0.05) is 19.0 Å². The number of para-hydroxylation sites is 1. The highest BCUT2D eigenvalue weighted by Gasteiger charge is 2.41. The molecule has 6 heteroatoms. The molecule has 2 aliphatic rings. The Morgan fingerprint density at radius 2 is 1.70 bits per heavy atom. The summed E-state index contributed by atoms with van der Waals surface area (Å²) in [5.74, 6) is 0.271. The molecule has 2 aromatic rings. The lowest BCUT2D eigenvalue weighted by Crippen LogP contribution is -2.54. The molecule has 0 radical (unpaired) electrons. The van der Waals surface area contributed by atoms with Crippen LogP contribution in [-0.4, -0.2) is 36.4 Å². The van der Waals surface area contributed by atoms with Crippen molar-refractivity contribution < 1.29 is 18.7 Å². The molecule has 2 aromatic carbocycles. The van der Waals surface area contributed by atoms with Crippen molar-refractivity contribution in [2.75, 3.05) is 19.7 Å². The Hall–Kier alpha value is -2.89. The van der Waals surface area contributed by atoms with Gasteiger partial charge in [0.2, 0.25) is 5.91 Å². The first kappa shape index (κ1) is 20.4. The molecular weight excluding hydrogens is 383 g/mol. The standard InChI is InChI=1S/C24H27FN2O3/c25-20-9-7-19(8-10-20)24(13-4-14-24)26-23(29)18-11-15-27(16-12-18)22(28)17-30-21-5-2-1-3-6-21/h1-3,5-10,18H,4,11-17H2,(H,26,29). The van der Waals surface area contributed by atoms with Gasteiger partial charge in [-0.2, -0.15) is 0 Å². The number of hydrogen-bond acceptors (Lipinski definition) is 3. The summed E-state index contributed by atoms with van der Waals surface area (Å²) in [5, 5.41) is 3.24. The Balaban J connectivity index is 1.28. The van der Waals surface area contributed by atoms with Crippen LogP contribution >= 0.6 is 0 Å². The van der Waals surface area contributed by atoms with Gasteiger partial charge in [-0.3, -0.25) is 9.59 Å². The zero-order valence-corrected chi connectivity index (χ0v) is 17.0. The molecule has 4 rings (SSSR count). The number of amides is 2. The van der Waals surface area contributed by atoms with Gasteiger partial charge in [-0.25, -0.2) is 4.39 Å². The lowest BCUT2D eigenvalue weighted by Gasteiger charge is -2.44. The van der Waals surface area contributed by atoms with Crippen LogP contribution in [0.25, 0.3) is 0 Å². The summed E-state index contributed by atoms with van der Waals surface area (Å²) in [5.41, 5.74) is 0.593. The highest BCUT2D eigenvalue weighted by Crippen LogP contribution is 2.41. The summed E-state index contributed by atoms with van der Waals surface area (Å²) in [6.45, 7) is 1.12. The fourth-order valence-corrected chi connectivity index (χ4v) is 4.27. The fraction of sp³-hybridized carbons (Fsp3) is 0.417. The number of halogens is 1. The minimum Gasteiger partial charge on any atom is -0.484 e. The SMILES string of the molecule is O=C(NC1(c2ccc(F)cc2)CCC1)C1CCN(C(=O)COc2ccccc2)CC1. The molecule has 1 aliphatic carbocycles. The third-order valence-corrected chi connectivity index (χ3v) is 6.29. The average Bonchev–Trinajstić information content (AvgIpc) is 2.76. The van der Waals surface area contributed by atoms with Gasteiger partial charge in [0.15, 0.2) is 6.61 Å². The van der Waals surface area contributed by atoms with Crippen LogP contribution in [0, 0.1) is 11.7 Å². The quantitative estimate of drug-likeness (QED) is 0.791. The van der Waals surface area contributed by atoms with E-state index in [1.54, 1.807) is 17.0 Å². The van der Waals surface area contributed by atoms with E-state index in [1.165, 1.54) is 12.1 Å². The van der Waals surface area contributed by atoms with Gasteiger partial charge in [-0.05, 0) is 61.9 Å². The molecule has 2 fully saturated rings. The first-order valence-corrected chi connectivity index (χ1v) is 10.6. The van der Waals surface area contributed by atoms with Crippen LogP contribution in [0.1, 0.15) is 37.7 Å². The van der Waals surface area contributed by atoms with Crippen LogP contribution in [0.15, 0.2) is 54.6 Å². The molecule has 1 saturated heterocycles. The Morgan fingerprint density at radius 1 is 1.03 bits per heavy atom.